The molecule has 20 heavy (non-hydrogen) atoms. The first-order valence-corrected chi connectivity index (χ1v) is 6.16. The number of ether oxygens (including phenoxy) is 2. The van der Waals surface area contributed by atoms with E-state index in [2.05, 4.69) is 10.6 Å². The van der Waals surface area contributed by atoms with E-state index in [9.17, 15) is 9.59 Å². The van der Waals surface area contributed by atoms with Crippen molar-refractivity contribution in [3.63, 3.8) is 0 Å². The molecule has 116 valence electrons. The van der Waals surface area contributed by atoms with E-state index in [1.807, 2.05) is 27.7 Å². The van der Waals surface area contributed by atoms with Crippen molar-refractivity contribution in [2.24, 2.45) is 11.8 Å². The molecule has 2 aliphatic heterocycles. The SMILES string of the molecule is CC(C)[C@@H]1C[N-]C(=O)O1.CC(C)[C@H]1C[N-]C(=O)O1.[W].[W]. The number of nitrogens with zero attached hydrogens (tertiary/aromatic N) is 2. The summed E-state index contributed by atoms with van der Waals surface area (Å²) in [4.78, 5) is 20.7. The molecule has 2 rings (SSSR count). The molecule has 2 saturated heterocycles. The van der Waals surface area contributed by atoms with Gasteiger partial charge in [-0.25, -0.2) is 0 Å². The van der Waals surface area contributed by atoms with Crippen molar-refractivity contribution in [1.82, 2.24) is 0 Å². The van der Waals surface area contributed by atoms with Crippen LogP contribution in [0.25, 0.3) is 10.6 Å². The maximum Gasteiger partial charge on any atom is 0.229 e. The van der Waals surface area contributed by atoms with Crippen molar-refractivity contribution >= 4 is 12.2 Å². The van der Waals surface area contributed by atoms with Gasteiger partial charge in [-0.1, -0.05) is 40.8 Å². The molecule has 0 aromatic carbocycles. The number of amides is 2. The summed E-state index contributed by atoms with van der Waals surface area (Å²) in [6, 6.07) is 0. The Labute approximate surface area is 148 Å². The second-order valence-corrected chi connectivity index (χ2v) is 5.01. The van der Waals surface area contributed by atoms with E-state index in [0.29, 0.717) is 24.9 Å². The Hall–Kier alpha value is -0.0834. The molecule has 2 heterocycles. The van der Waals surface area contributed by atoms with Gasteiger partial charge in [0.2, 0.25) is 12.2 Å². The first-order valence-electron chi connectivity index (χ1n) is 6.16. The van der Waals surface area contributed by atoms with Gasteiger partial charge in [-0.3, -0.25) is 9.59 Å². The fourth-order valence-electron chi connectivity index (χ4n) is 1.43. The average molecular weight is 624 g/mol. The van der Waals surface area contributed by atoms with Gasteiger partial charge in [0, 0.05) is 42.1 Å². The first kappa shape index (κ1) is 22.2. The topological polar surface area (TPSA) is 80.8 Å². The van der Waals surface area contributed by atoms with Crippen molar-refractivity contribution in [3.8, 4) is 0 Å². The Kier molecular flexibility index (Phi) is 11.8. The molecule has 0 radical (unpaired) electrons. The van der Waals surface area contributed by atoms with Gasteiger partial charge in [-0.05, 0) is 11.8 Å². The van der Waals surface area contributed by atoms with Gasteiger partial charge in [0.15, 0.2) is 0 Å². The fraction of sp³-hybridized carbons (Fsp3) is 0.833. The maximum absolute atomic E-state index is 10.4. The van der Waals surface area contributed by atoms with Gasteiger partial charge >= 0.3 is 0 Å². The fourth-order valence-corrected chi connectivity index (χ4v) is 1.43. The van der Waals surface area contributed by atoms with E-state index in [0.717, 1.165) is 0 Å². The van der Waals surface area contributed by atoms with E-state index in [4.69, 9.17) is 9.47 Å². The van der Waals surface area contributed by atoms with Crippen molar-refractivity contribution in [1.29, 1.82) is 0 Å². The number of carbonyl (C=O) groups is 2. The van der Waals surface area contributed by atoms with Crippen LogP contribution in [0.1, 0.15) is 27.7 Å². The van der Waals surface area contributed by atoms with Gasteiger partial charge in [0.1, 0.15) is 0 Å². The van der Waals surface area contributed by atoms with E-state index in [1.165, 1.54) is 0 Å². The molecule has 2 atom stereocenters. The van der Waals surface area contributed by atoms with Crippen molar-refractivity contribution in [2.45, 2.75) is 39.9 Å². The van der Waals surface area contributed by atoms with Crippen LogP contribution in [-0.2, 0) is 51.6 Å². The molecule has 0 unspecified atom stereocenters. The monoisotopic (exact) mass is 624 g/mol. The molecule has 0 N–H and O–H groups in total. The molecule has 2 aliphatic rings. The van der Waals surface area contributed by atoms with Gasteiger partial charge < -0.3 is 20.1 Å². The molecular formula is C12H20N2O4W2-2. The second-order valence-electron chi connectivity index (χ2n) is 5.01. The summed E-state index contributed by atoms with van der Waals surface area (Å²) in [6.07, 6.45) is -0.766. The number of cyclic esters (lactones) is 2. The third kappa shape index (κ3) is 7.63. The number of hydrogen-bond donors (Lipinski definition) is 0. The normalized spacial score (nSPS) is 23.5. The van der Waals surface area contributed by atoms with Crippen LogP contribution in [0, 0.1) is 11.8 Å². The molecule has 8 heteroatoms. The first-order chi connectivity index (χ1) is 8.40. The molecule has 2 amide bonds. The number of rotatable bonds is 2. The van der Waals surface area contributed by atoms with Crippen LogP contribution in [-0.4, -0.2) is 37.5 Å². The largest absolute Gasteiger partial charge is 0.614 e. The van der Waals surface area contributed by atoms with Crippen LogP contribution in [0.5, 0.6) is 0 Å². The third-order valence-electron chi connectivity index (χ3n) is 2.79. The summed E-state index contributed by atoms with van der Waals surface area (Å²) in [5.41, 5.74) is 0. The zero-order chi connectivity index (χ0) is 13.7. The zero-order valence-electron chi connectivity index (χ0n) is 12.1. The molecule has 0 aromatic heterocycles. The Morgan fingerprint density at radius 3 is 1.25 bits per heavy atom. The van der Waals surface area contributed by atoms with Crippen LogP contribution in [0.15, 0.2) is 0 Å². The number of hydrogen-bond acceptors (Lipinski definition) is 4. The molecule has 0 aliphatic carbocycles. The minimum absolute atomic E-state index is 0. The number of carbonyl (C=O) groups excluding carboxylic acids is 2. The Balaban J connectivity index is 0. The molecular weight excluding hydrogens is 604 g/mol. The quantitative estimate of drug-likeness (QED) is 0.474. The summed E-state index contributed by atoms with van der Waals surface area (Å²) < 4.78 is 9.63. The molecule has 0 saturated carbocycles. The van der Waals surface area contributed by atoms with Crippen LogP contribution in [0.2, 0.25) is 0 Å². The summed E-state index contributed by atoms with van der Waals surface area (Å²) in [6.45, 7) is 9.13. The van der Waals surface area contributed by atoms with Gasteiger partial charge in [-0.2, -0.15) is 0 Å². The van der Waals surface area contributed by atoms with E-state index in [1.54, 1.807) is 0 Å². The standard InChI is InChI=1S/2C6H11NO2.2W/c2*1-4(2)5-3-7-6(8)9-5;;/h2*4-5H,3H2,1-2H3,(H,7,8);;/p-2/t2*5-;;/m10../s1. The van der Waals surface area contributed by atoms with Crippen LogP contribution in [0.3, 0.4) is 0 Å². The maximum atomic E-state index is 10.4. The molecule has 0 bridgehead atoms. The van der Waals surface area contributed by atoms with Crippen LogP contribution >= 0.6 is 0 Å². The third-order valence-corrected chi connectivity index (χ3v) is 2.79. The second kappa shape index (κ2) is 10.6. The van der Waals surface area contributed by atoms with Crippen molar-refractivity contribution in [3.05, 3.63) is 10.6 Å². The van der Waals surface area contributed by atoms with Gasteiger partial charge in [-0.15, -0.1) is 0 Å². The van der Waals surface area contributed by atoms with Crippen molar-refractivity contribution in [2.75, 3.05) is 13.1 Å². The Morgan fingerprint density at radius 2 is 1.15 bits per heavy atom. The molecule has 0 spiro atoms. The van der Waals surface area contributed by atoms with E-state index < -0.39 is 12.2 Å². The molecule has 6 nitrogen and oxygen atoms in total. The van der Waals surface area contributed by atoms with E-state index in [-0.39, 0.29) is 54.3 Å². The summed E-state index contributed by atoms with van der Waals surface area (Å²) in [5.74, 6) is 0.778. The predicted octanol–water partition coefficient (Wildman–Crippen LogP) is 3.06. The summed E-state index contributed by atoms with van der Waals surface area (Å²) in [5, 5.41) is 7.16. The average Bonchev–Trinajstić information content (AvgIpc) is 2.88. The zero-order valence-corrected chi connectivity index (χ0v) is 17.9. The van der Waals surface area contributed by atoms with Gasteiger partial charge in [0.05, 0.1) is 12.2 Å². The minimum atomic E-state index is -0.409. The molecule has 0 aromatic rings. The predicted molar refractivity (Wildman–Crippen MR) is 66.7 cm³/mol. The van der Waals surface area contributed by atoms with Crippen LogP contribution in [0.4, 0.5) is 9.59 Å². The van der Waals surface area contributed by atoms with Crippen LogP contribution < -0.4 is 0 Å². The summed E-state index contributed by atoms with van der Waals surface area (Å²) >= 11 is 0. The van der Waals surface area contributed by atoms with Gasteiger partial charge in [0.25, 0.3) is 0 Å². The van der Waals surface area contributed by atoms with Crippen molar-refractivity contribution < 1.29 is 61.2 Å². The molecule has 2 fully saturated rings. The van der Waals surface area contributed by atoms with E-state index >= 15 is 0 Å². The summed E-state index contributed by atoms with van der Waals surface area (Å²) in [7, 11) is 0. The smallest absolute Gasteiger partial charge is 0.229 e. The Morgan fingerprint density at radius 1 is 0.850 bits per heavy atom. The minimum Gasteiger partial charge on any atom is -0.614 e. The Bertz CT molecular complexity index is 284.